The fourth-order valence-corrected chi connectivity index (χ4v) is 3.91. The summed E-state index contributed by atoms with van der Waals surface area (Å²) in [5.74, 6) is 2.37. The Hall–Kier alpha value is -3.52. The van der Waals surface area contributed by atoms with E-state index in [0.29, 0.717) is 40.8 Å². The summed E-state index contributed by atoms with van der Waals surface area (Å²) in [6, 6.07) is 14.4. The first-order valence-corrected chi connectivity index (χ1v) is 10.8. The lowest BCUT2D eigenvalue weighted by Gasteiger charge is -2.25. The highest BCUT2D eigenvalue weighted by molar-refractivity contribution is 5.94. The third kappa shape index (κ3) is 5.28. The molecule has 0 bridgehead atoms. The van der Waals surface area contributed by atoms with Crippen molar-refractivity contribution in [2.75, 3.05) is 34.5 Å². The molecule has 174 valence electrons. The zero-order chi connectivity index (χ0) is 23.2. The first-order chi connectivity index (χ1) is 16.1. The van der Waals surface area contributed by atoms with E-state index in [-0.39, 0.29) is 18.6 Å². The fraction of sp³-hybridized carbons (Fsp3) is 0.360. The molecule has 1 aromatic heterocycles. The molecule has 2 aromatic carbocycles. The molecule has 0 spiro atoms. The third-order valence-corrected chi connectivity index (χ3v) is 5.64. The van der Waals surface area contributed by atoms with Gasteiger partial charge in [0, 0.05) is 24.8 Å². The molecule has 8 nitrogen and oxygen atoms in total. The van der Waals surface area contributed by atoms with Gasteiger partial charge >= 0.3 is 0 Å². The van der Waals surface area contributed by atoms with Gasteiger partial charge in [0.25, 0.3) is 5.91 Å². The number of nitrogens with zero attached hydrogens (tertiary/aromatic N) is 2. The first kappa shape index (κ1) is 22.7. The molecule has 4 rings (SSSR count). The molecule has 1 aliphatic rings. The number of benzene rings is 2. The van der Waals surface area contributed by atoms with Gasteiger partial charge in [-0.25, -0.2) is 0 Å². The average Bonchev–Trinajstić information content (AvgIpc) is 3.55. The summed E-state index contributed by atoms with van der Waals surface area (Å²) in [6.45, 7) is 1.47. The van der Waals surface area contributed by atoms with Crippen LogP contribution in [0.25, 0.3) is 11.3 Å². The van der Waals surface area contributed by atoms with E-state index < -0.39 is 0 Å². The van der Waals surface area contributed by atoms with Crippen molar-refractivity contribution in [2.24, 2.45) is 0 Å². The lowest BCUT2D eigenvalue weighted by atomic mass is 10.1. The van der Waals surface area contributed by atoms with Crippen molar-refractivity contribution in [1.29, 1.82) is 0 Å². The van der Waals surface area contributed by atoms with Crippen LogP contribution in [0.2, 0.25) is 0 Å². The Labute approximate surface area is 193 Å². The molecular weight excluding hydrogens is 424 g/mol. The maximum Gasteiger partial charge on any atom is 0.254 e. The van der Waals surface area contributed by atoms with E-state index in [4.69, 9.17) is 23.5 Å². The smallest absolute Gasteiger partial charge is 0.254 e. The average molecular weight is 453 g/mol. The topological polar surface area (TPSA) is 83.3 Å². The lowest BCUT2D eigenvalue weighted by molar-refractivity contribution is 0.0502. The van der Waals surface area contributed by atoms with Crippen LogP contribution in [-0.2, 0) is 11.3 Å². The number of rotatable bonds is 9. The molecule has 1 unspecified atom stereocenters. The van der Waals surface area contributed by atoms with Gasteiger partial charge < -0.3 is 28.4 Å². The highest BCUT2D eigenvalue weighted by atomic mass is 16.5. The molecule has 2 heterocycles. The molecule has 0 radical (unpaired) electrons. The van der Waals surface area contributed by atoms with Crippen molar-refractivity contribution in [2.45, 2.75) is 25.5 Å². The number of aromatic nitrogens is 1. The molecule has 1 aliphatic heterocycles. The van der Waals surface area contributed by atoms with Crippen LogP contribution < -0.4 is 14.2 Å². The van der Waals surface area contributed by atoms with E-state index >= 15 is 0 Å². The van der Waals surface area contributed by atoms with E-state index in [2.05, 4.69) is 5.16 Å². The van der Waals surface area contributed by atoms with Crippen molar-refractivity contribution in [3.05, 3.63) is 59.8 Å². The molecule has 1 saturated heterocycles. The van der Waals surface area contributed by atoms with Gasteiger partial charge in [0.05, 0.1) is 39.5 Å². The SMILES string of the molecule is COc1cccc(C(=O)N(Cc2cc(-c3cc(OC)ccc3OC)on2)CC2CCCO2)c1. The van der Waals surface area contributed by atoms with Gasteiger partial charge in [-0.2, -0.15) is 0 Å². The lowest BCUT2D eigenvalue weighted by Crippen LogP contribution is -2.37. The number of hydrogen-bond acceptors (Lipinski definition) is 7. The Morgan fingerprint density at radius 2 is 1.88 bits per heavy atom. The second kappa shape index (κ2) is 10.4. The highest BCUT2D eigenvalue weighted by Gasteiger charge is 2.25. The van der Waals surface area contributed by atoms with Gasteiger partial charge in [0.2, 0.25) is 0 Å². The molecular formula is C25H28N2O6. The molecule has 0 N–H and O–H groups in total. The minimum Gasteiger partial charge on any atom is -0.497 e. The summed E-state index contributed by atoms with van der Waals surface area (Å²) in [7, 11) is 4.78. The predicted octanol–water partition coefficient (Wildman–Crippen LogP) is 4.19. The van der Waals surface area contributed by atoms with Gasteiger partial charge in [-0.1, -0.05) is 11.2 Å². The molecule has 1 amide bonds. The maximum atomic E-state index is 13.4. The normalized spacial score (nSPS) is 15.3. The molecule has 8 heteroatoms. The zero-order valence-corrected chi connectivity index (χ0v) is 19.1. The Kier molecular flexibility index (Phi) is 7.14. The van der Waals surface area contributed by atoms with Crippen LogP contribution in [-0.4, -0.2) is 56.5 Å². The number of carbonyl (C=O) groups is 1. The van der Waals surface area contributed by atoms with Gasteiger partial charge in [-0.3, -0.25) is 4.79 Å². The zero-order valence-electron chi connectivity index (χ0n) is 19.1. The van der Waals surface area contributed by atoms with E-state index in [0.717, 1.165) is 25.0 Å². The van der Waals surface area contributed by atoms with E-state index in [1.54, 1.807) is 44.4 Å². The van der Waals surface area contributed by atoms with Gasteiger partial charge in [0.15, 0.2) is 5.76 Å². The summed E-state index contributed by atoms with van der Waals surface area (Å²) < 4.78 is 27.5. The van der Waals surface area contributed by atoms with E-state index in [1.165, 1.54) is 0 Å². The summed E-state index contributed by atoms with van der Waals surface area (Å²) in [5, 5.41) is 4.22. The third-order valence-electron chi connectivity index (χ3n) is 5.64. The number of amides is 1. The molecule has 0 aliphatic carbocycles. The Morgan fingerprint density at radius 3 is 2.61 bits per heavy atom. The van der Waals surface area contributed by atoms with Crippen LogP contribution in [0.3, 0.4) is 0 Å². The molecule has 33 heavy (non-hydrogen) atoms. The van der Waals surface area contributed by atoms with E-state index in [9.17, 15) is 4.79 Å². The Balaban J connectivity index is 1.59. The van der Waals surface area contributed by atoms with Gasteiger partial charge in [-0.05, 0) is 49.2 Å². The quantitative estimate of drug-likeness (QED) is 0.481. The molecule has 1 fully saturated rings. The van der Waals surface area contributed by atoms with Crippen LogP contribution in [0.1, 0.15) is 28.9 Å². The predicted molar refractivity (Wildman–Crippen MR) is 122 cm³/mol. The summed E-state index contributed by atoms with van der Waals surface area (Å²) in [5.41, 5.74) is 1.90. The molecule has 1 atom stereocenters. The van der Waals surface area contributed by atoms with Crippen LogP contribution in [0.5, 0.6) is 17.2 Å². The highest BCUT2D eigenvalue weighted by Crippen LogP contribution is 2.34. The number of ether oxygens (including phenoxy) is 4. The minimum absolute atomic E-state index is 0.00408. The van der Waals surface area contributed by atoms with E-state index in [1.807, 2.05) is 30.3 Å². The standard InChI is InChI=1S/C25H28N2O6/c1-29-19-7-4-6-17(12-19)25(28)27(16-21-8-5-11-32-21)15-18-13-24(33-26-18)22-14-20(30-2)9-10-23(22)31-3/h4,6-7,9-10,12-14,21H,5,8,11,15-16H2,1-3H3. The summed E-state index contributed by atoms with van der Waals surface area (Å²) >= 11 is 0. The number of hydrogen-bond donors (Lipinski definition) is 0. The fourth-order valence-electron chi connectivity index (χ4n) is 3.91. The van der Waals surface area contributed by atoms with Gasteiger partial charge in [0.1, 0.15) is 22.9 Å². The second-order valence-electron chi connectivity index (χ2n) is 7.80. The Bertz CT molecular complexity index is 1090. The van der Waals surface area contributed by atoms with Crippen molar-refractivity contribution in [3.63, 3.8) is 0 Å². The van der Waals surface area contributed by atoms with Crippen LogP contribution >= 0.6 is 0 Å². The number of methoxy groups -OCH3 is 3. The molecule has 3 aromatic rings. The van der Waals surface area contributed by atoms with Crippen molar-refractivity contribution < 1.29 is 28.3 Å². The van der Waals surface area contributed by atoms with Crippen LogP contribution in [0.4, 0.5) is 0 Å². The largest absolute Gasteiger partial charge is 0.497 e. The first-order valence-electron chi connectivity index (χ1n) is 10.8. The van der Waals surface area contributed by atoms with Crippen molar-refractivity contribution in [1.82, 2.24) is 10.1 Å². The molecule has 0 saturated carbocycles. The number of carbonyl (C=O) groups excluding carboxylic acids is 1. The monoisotopic (exact) mass is 452 g/mol. The maximum absolute atomic E-state index is 13.4. The summed E-state index contributed by atoms with van der Waals surface area (Å²) in [6.07, 6.45) is 1.92. The second-order valence-corrected chi connectivity index (χ2v) is 7.80. The van der Waals surface area contributed by atoms with Crippen LogP contribution in [0, 0.1) is 0 Å². The van der Waals surface area contributed by atoms with Crippen LogP contribution in [0.15, 0.2) is 53.1 Å². The van der Waals surface area contributed by atoms with Gasteiger partial charge in [-0.15, -0.1) is 0 Å². The summed E-state index contributed by atoms with van der Waals surface area (Å²) in [4.78, 5) is 15.1. The van der Waals surface area contributed by atoms with Crippen molar-refractivity contribution >= 4 is 5.91 Å². The van der Waals surface area contributed by atoms with Crippen molar-refractivity contribution in [3.8, 4) is 28.6 Å². The minimum atomic E-state index is -0.118. The Morgan fingerprint density at radius 1 is 1.06 bits per heavy atom.